The lowest BCUT2D eigenvalue weighted by atomic mass is 10.2. The first-order valence-corrected chi connectivity index (χ1v) is 6.79. The minimum absolute atomic E-state index is 0.0292. The Morgan fingerprint density at radius 3 is 2.38 bits per heavy atom. The number of aliphatic hydroxyl groups is 1. The van der Waals surface area contributed by atoms with Crippen molar-refractivity contribution in [1.29, 1.82) is 0 Å². The first-order valence-electron chi connectivity index (χ1n) is 4.97. The van der Waals surface area contributed by atoms with Crippen molar-refractivity contribution >= 4 is 21.2 Å². The van der Waals surface area contributed by atoms with Crippen LogP contribution in [0.5, 0.6) is 0 Å². The van der Waals surface area contributed by atoms with Gasteiger partial charge in [-0.3, -0.25) is 0 Å². The maximum Gasteiger partial charge on any atom is 0.155 e. The Morgan fingerprint density at radius 2 is 1.88 bits per heavy atom. The zero-order valence-electron chi connectivity index (χ0n) is 8.63. The third-order valence-corrected chi connectivity index (χ3v) is 4.30. The Bertz CT molecular complexity index is 469. The summed E-state index contributed by atoms with van der Waals surface area (Å²) in [4.78, 5) is 0. The molecule has 6 heteroatoms. The summed E-state index contributed by atoms with van der Waals surface area (Å²) in [5.74, 6) is -0.196. The van der Waals surface area contributed by atoms with Gasteiger partial charge in [0.25, 0.3) is 0 Å². The Kier molecular flexibility index (Phi) is 2.77. The van der Waals surface area contributed by atoms with Crippen LogP contribution in [0.3, 0.4) is 0 Å². The van der Waals surface area contributed by atoms with Crippen molar-refractivity contribution in [3.63, 3.8) is 0 Å². The standard InChI is InChI=1S/C10H14N2O3S/c11-7-1-3-8(4-2-7)12-9-5-16(14,15)6-10(9)13/h1-4,9-10,12-13H,5-6,11H2/t9-,10+/m0/s1. The molecule has 0 saturated carbocycles. The summed E-state index contributed by atoms with van der Waals surface area (Å²) in [7, 11) is -3.11. The lowest BCUT2D eigenvalue weighted by molar-refractivity contribution is 0.190. The summed E-state index contributed by atoms with van der Waals surface area (Å²) in [6.45, 7) is 0. The van der Waals surface area contributed by atoms with Gasteiger partial charge in [0.1, 0.15) is 0 Å². The van der Waals surface area contributed by atoms with Crippen LogP contribution >= 0.6 is 0 Å². The number of nitrogen functional groups attached to an aromatic ring is 1. The molecule has 4 N–H and O–H groups in total. The SMILES string of the molecule is Nc1ccc(N[C@H]2CS(=O)(=O)C[C@H]2O)cc1. The normalized spacial score (nSPS) is 27.8. The molecule has 0 unspecified atom stereocenters. The van der Waals surface area contributed by atoms with Crippen LogP contribution in [-0.4, -0.2) is 37.2 Å². The second kappa shape index (κ2) is 3.95. The molecule has 1 aliphatic heterocycles. The van der Waals surface area contributed by atoms with Crippen molar-refractivity contribution in [3.05, 3.63) is 24.3 Å². The van der Waals surface area contributed by atoms with Crippen molar-refractivity contribution in [3.8, 4) is 0 Å². The molecule has 16 heavy (non-hydrogen) atoms. The zero-order chi connectivity index (χ0) is 11.8. The first-order chi connectivity index (χ1) is 7.46. The molecule has 0 spiro atoms. The molecule has 1 aliphatic rings. The third kappa shape index (κ3) is 2.45. The Labute approximate surface area is 94.2 Å². The molecular weight excluding hydrogens is 228 g/mol. The quantitative estimate of drug-likeness (QED) is 0.627. The van der Waals surface area contributed by atoms with Crippen LogP contribution in [-0.2, 0) is 9.84 Å². The fraction of sp³-hybridized carbons (Fsp3) is 0.400. The fourth-order valence-corrected chi connectivity index (χ4v) is 3.50. The molecule has 1 heterocycles. The van der Waals surface area contributed by atoms with Gasteiger partial charge in [-0.1, -0.05) is 0 Å². The van der Waals surface area contributed by atoms with E-state index in [1.54, 1.807) is 24.3 Å². The molecule has 0 aliphatic carbocycles. The molecule has 1 aromatic carbocycles. The van der Waals surface area contributed by atoms with Gasteiger partial charge in [-0.15, -0.1) is 0 Å². The maximum atomic E-state index is 11.3. The highest BCUT2D eigenvalue weighted by molar-refractivity contribution is 7.91. The van der Waals surface area contributed by atoms with Crippen molar-refractivity contribution in [1.82, 2.24) is 0 Å². The summed E-state index contributed by atoms with van der Waals surface area (Å²) in [6, 6.07) is 6.52. The number of rotatable bonds is 2. The Balaban J connectivity index is 2.08. The van der Waals surface area contributed by atoms with Crippen molar-refractivity contribution in [2.45, 2.75) is 12.1 Å². The predicted molar refractivity (Wildman–Crippen MR) is 62.9 cm³/mol. The lowest BCUT2D eigenvalue weighted by Gasteiger charge is -2.16. The van der Waals surface area contributed by atoms with Gasteiger partial charge in [0.15, 0.2) is 9.84 Å². The number of anilines is 2. The van der Waals surface area contributed by atoms with E-state index in [4.69, 9.17) is 5.73 Å². The minimum atomic E-state index is -3.11. The van der Waals surface area contributed by atoms with Gasteiger partial charge < -0.3 is 16.2 Å². The van der Waals surface area contributed by atoms with Crippen LogP contribution in [0.25, 0.3) is 0 Å². The van der Waals surface area contributed by atoms with Gasteiger partial charge in [0.05, 0.1) is 23.7 Å². The summed E-state index contributed by atoms with van der Waals surface area (Å²) in [6.07, 6.45) is -0.845. The monoisotopic (exact) mass is 242 g/mol. The topological polar surface area (TPSA) is 92.4 Å². The second-order valence-electron chi connectivity index (χ2n) is 4.02. The van der Waals surface area contributed by atoms with Gasteiger partial charge in [0.2, 0.25) is 0 Å². The Hall–Kier alpha value is -1.27. The zero-order valence-corrected chi connectivity index (χ0v) is 9.44. The average Bonchev–Trinajstić information content (AvgIpc) is 2.44. The van der Waals surface area contributed by atoms with Crippen LogP contribution in [0.4, 0.5) is 11.4 Å². The molecule has 0 amide bonds. The van der Waals surface area contributed by atoms with Crippen LogP contribution in [0.15, 0.2) is 24.3 Å². The van der Waals surface area contributed by atoms with E-state index in [2.05, 4.69) is 5.32 Å². The number of hydrogen-bond donors (Lipinski definition) is 3. The summed E-state index contributed by atoms with van der Waals surface area (Å²) >= 11 is 0. The third-order valence-electron chi connectivity index (χ3n) is 2.59. The van der Waals surface area contributed by atoms with Gasteiger partial charge in [-0.2, -0.15) is 0 Å². The van der Waals surface area contributed by atoms with E-state index in [-0.39, 0.29) is 11.5 Å². The van der Waals surface area contributed by atoms with E-state index in [1.807, 2.05) is 0 Å². The largest absolute Gasteiger partial charge is 0.399 e. The van der Waals surface area contributed by atoms with E-state index >= 15 is 0 Å². The van der Waals surface area contributed by atoms with E-state index in [1.165, 1.54) is 0 Å². The molecule has 1 saturated heterocycles. The number of nitrogens with one attached hydrogen (secondary N) is 1. The number of aliphatic hydroxyl groups excluding tert-OH is 1. The van der Waals surface area contributed by atoms with Gasteiger partial charge in [0, 0.05) is 11.4 Å². The van der Waals surface area contributed by atoms with Crippen LogP contribution in [0, 0.1) is 0 Å². The summed E-state index contributed by atoms with van der Waals surface area (Å²) < 4.78 is 22.6. The lowest BCUT2D eigenvalue weighted by Crippen LogP contribution is -2.31. The minimum Gasteiger partial charge on any atom is -0.399 e. The van der Waals surface area contributed by atoms with E-state index in [9.17, 15) is 13.5 Å². The molecule has 1 fully saturated rings. The predicted octanol–water partition coefficient (Wildman–Crippen LogP) is -0.161. The second-order valence-corrected chi connectivity index (χ2v) is 6.17. The molecule has 0 radical (unpaired) electrons. The van der Waals surface area contributed by atoms with Crippen LogP contribution in [0.2, 0.25) is 0 Å². The smallest absolute Gasteiger partial charge is 0.155 e. The van der Waals surface area contributed by atoms with Crippen LogP contribution < -0.4 is 11.1 Å². The molecule has 88 valence electrons. The summed E-state index contributed by atoms with van der Waals surface area (Å²) in [5, 5.41) is 12.6. The van der Waals surface area contributed by atoms with E-state index in [0.29, 0.717) is 5.69 Å². The highest BCUT2D eigenvalue weighted by atomic mass is 32.2. The molecule has 2 rings (SSSR count). The van der Waals surface area contributed by atoms with Crippen molar-refractivity contribution in [2.75, 3.05) is 22.6 Å². The van der Waals surface area contributed by atoms with Gasteiger partial charge in [-0.05, 0) is 24.3 Å². The van der Waals surface area contributed by atoms with E-state index in [0.717, 1.165) is 5.69 Å². The molecular formula is C10H14N2O3S. The maximum absolute atomic E-state index is 11.3. The highest BCUT2D eigenvalue weighted by Gasteiger charge is 2.36. The molecule has 2 atom stereocenters. The van der Waals surface area contributed by atoms with E-state index < -0.39 is 22.0 Å². The number of benzene rings is 1. The van der Waals surface area contributed by atoms with Gasteiger partial charge >= 0.3 is 0 Å². The fourth-order valence-electron chi connectivity index (χ4n) is 1.76. The van der Waals surface area contributed by atoms with Gasteiger partial charge in [-0.25, -0.2) is 8.42 Å². The average molecular weight is 242 g/mol. The number of nitrogens with two attached hydrogens (primary N) is 1. The summed E-state index contributed by atoms with van der Waals surface area (Å²) in [5.41, 5.74) is 6.94. The molecule has 1 aromatic rings. The molecule has 0 aromatic heterocycles. The van der Waals surface area contributed by atoms with Crippen LogP contribution in [0.1, 0.15) is 0 Å². The molecule has 5 nitrogen and oxygen atoms in total. The number of hydrogen-bond acceptors (Lipinski definition) is 5. The Morgan fingerprint density at radius 1 is 1.25 bits per heavy atom. The highest BCUT2D eigenvalue weighted by Crippen LogP contribution is 2.18. The van der Waals surface area contributed by atoms with Crippen molar-refractivity contribution in [2.24, 2.45) is 0 Å². The van der Waals surface area contributed by atoms with Crippen molar-refractivity contribution < 1.29 is 13.5 Å². The molecule has 0 bridgehead atoms. The number of sulfone groups is 1. The first kappa shape index (κ1) is 11.2.